The summed E-state index contributed by atoms with van der Waals surface area (Å²) in [4.78, 5) is 8.83. The van der Waals surface area contributed by atoms with Gasteiger partial charge in [-0.1, -0.05) is 36.4 Å². The van der Waals surface area contributed by atoms with Crippen molar-refractivity contribution in [1.29, 1.82) is 0 Å². The van der Waals surface area contributed by atoms with Gasteiger partial charge in [-0.05, 0) is 35.9 Å². The molecule has 3 heteroatoms. The summed E-state index contributed by atoms with van der Waals surface area (Å²) in [5, 5.41) is 12.2. The van der Waals surface area contributed by atoms with E-state index in [0.717, 1.165) is 22.0 Å². The average molecular weight is 276 g/mol. The summed E-state index contributed by atoms with van der Waals surface area (Å²) in [6, 6.07) is 17.3. The van der Waals surface area contributed by atoms with Crippen molar-refractivity contribution in [1.82, 2.24) is 4.98 Å². The molecule has 0 saturated heterocycles. The number of fused-ring (bicyclic) bond motifs is 1. The minimum Gasteiger partial charge on any atom is -0.507 e. The van der Waals surface area contributed by atoms with Crippen molar-refractivity contribution in [2.24, 2.45) is 4.99 Å². The molecule has 104 valence electrons. The number of benzene rings is 2. The van der Waals surface area contributed by atoms with E-state index in [9.17, 15) is 5.11 Å². The predicted molar refractivity (Wildman–Crippen MR) is 85.9 cm³/mol. The second-order valence-electron chi connectivity index (χ2n) is 4.93. The Kier molecular flexibility index (Phi) is 3.65. The summed E-state index contributed by atoms with van der Waals surface area (Å²) in [7, 11) is 0. The highest BCUT2D eigenvalue weighted by atomic mass is 16.3. The Hall–Kier alpha value is -2.68. The van der Waals surface area contributed by atoms with Gasteiger partial charge in [-0.15, -0.1) is 0 Å². The van der Waals surface area contributed by atoms with Gasteiger partial charge < -0.3 is 5.11 Å². The van der Waals surface area contributed by atoms with Gasteiger partial charge in [-0.25, -0.2) is 0 Å². The molecule has 1 unspecified atom stereocenters. The molecule has 21 heavy (non-hydrogen) atoms. The van der Waals surface area contributed by atoms with E-state index in [-0.39, 0.29) is 11.8 Å². The zero-order valence-electron chi connectivity index (χ0n) is 11.8. The molecule has 3 rings (SSSR count). The highest BCUT2D eigenvalue weighted by molar-refractivity contribution is 6.02. The molecule has 2 aromatic carbocycles. The maximum absolute atomic E-state index is 10.1. The second kappa shape index (κ2) is 5.75. The van der Waals surface area contributed by atoms with Crippen LogP contribution < -0.4 is 0 Å². The van der Waals surface area contributed by atoms with Gasteiger partial charge in [0.05, 0.1) is 11.7 Å². The molecule has 0 fully saturated rings. The molecule has 0 aliphatic heterocycles. The number of aromatic nitrogens is 1. The lowest BCUT2D eigenvalue weighted by Crippen LogP contribution is -1.94. The summed E-state index contributed by atoms with van der Waals surface area (Å²) in [5.74, 6) is 0.241. The van der Waals surface area contributed by atoms with Crippen molar-refractivity contribution >= 4 is 17.0 Å². The van der Waals surface area contributed by atoms with E-state index in [4.69, 9.17) is 0 Å². The molecule has 3 aromatic rings. The Labute approximate surface area is 123 Å². The van der Waals surface area contributed by atoms with Crippen LogP contribution in [0.25, 0.3) is 10.8 Å². The van der Waals surface area contributed by atoms with Crippen LogP contribution >= 0.6 is 0 Å². The van der Waals surface area contributed by atoms with Crippen LogP contribution in [-0.4, -0.2) is 16.3 Å². The molecule has 0 aliphatic rings. The molecule has 0 radical (unpaired) electrons. The Morgan fingerprint density at radius 1 is 1.05 bits per heavy atom. The number of rotatable bonds is 3. The lowest BCUT2D eigenvalue weighted by molar-refractivity contribution is 0.475. The third-order valence-electron chi connectivity index (χ3n) is 3.49. The minimum atomic E-state index is -0.0513. The van der Waals surface area contributed by atoms with E-state index in [2.05, 4.69) is 9.98 Å². The van der Waals surface area contributed by atoms with Crippen LogP contribution in [0.2, 0.25) is 0 Å². The fourth-order valence-corrected chi connectivity index (χ4v) is 2.31. The number of aliphatic imine (C=N–C) groups is 1. The van der Waals surface area contributed by atoms with E-state index < -0.39 is 0 Å². The lowest BCUT2D eigenvalue weighted by Gasteiger charge is -2.07. The van der Waals surface area contributed by atoms with E-state index in [1.54, 1.807) is 18.5 Å². The number of pyridine rings is 1. The van der Waals surface area contributed by atoms with Crippen LogP contribution in [0.1, 0.15) is 24.2 Å². The number of hydrogen-bond donors (Lipinski definition) is 1. The van der Waals surface area contributed by atoms with Crippen molar-refractivity contribution in [3.63, 3.8) is 0 Å². The monoisotopic (exact) mass is 276 g/mol. The SMILES string of the molecule is CC(N=Cc1c(O)ccc2ccccc12)c1ccccn1. The predicted octanol–water partition coefficient (Wildman–Crippen LogP) is 4.12. The van der Waals surface area contributed by atoms with Crippen LogP contribution in [0.5, 0.6) is 5.75 Å². The number of aromatic hydroxyl groups is 1. The van der Waals surface area contributed by atoms with E-state index in [1.807, 2.05) is 55.5 Å². The molecule has 1 atom stereocenters. The van der Waals surface area contributed by atoms with Gasteiger partial charge in [0.2, 0.25) is 0 Å². The fraction of sp³-hybridized carbons (Fsp3) is 0.111. The Morgan fingerprint density at radius 2 is 1.86 bits per heavy atom. The van der Waals surface area contributed by atoms with Gasteiger partial charge in [0.25, 0.3) is 0 Å². The molecule has 1 heterocycles. The molecule has 1 N–H and O–H groups in total. The normalized spacial score (nSPS) is 12.8. The third-order valence-corrected chi connectivity index (χ3v) is 3.49. The van der Waals surface area contributed by atoms with Crippen molar-refractivity contribution in [3.8, 4) is 5.75 Å². The Morgan fingerprint density at radius 3 is 2.67 bits per heavy atom. The lowest BCUT2D eigenvalue weighted by atomic mass is 10.0. The number of phenolic OH excluding ortho intramolecular Hbond substituents is 1. The zero-order valence-corrected chi connectivity index (χ0v) is 11.8. The van der Waals surface area contributed by atoms with Gasteiger partial charge in [0.15, 0.2) is 0 Å². The average Bonchev–Trinajstić information content (AvgIpc) is 2.54. The minimum absolute atomic E-state index is 0.0513. The first-order chi connectivity index (χ1) is 10.3. The zero-order chi connectivity index (χ0) is 14.7. The molecule has 1 aromatic heterocycles. The third kappa shape index (κ3) is 2.77. The van der Waals surface area contributed by atoms with Gasteiger partial charge in [-0.3, -0.25) is 9.98 Å². The largest absolute Gasteiger partial charge is 0.507 e. The van der Waals surface area contributed by atoms with Crippen molar-refractivity contribution in [3.05, 3.63) is 72.1 Å². The summed E-state index contributed by atoms with van der Waals surface area (Å²) in [5.41, 5.74) is 1.66. The van der Waals surface area contributed by atoms with E-state index in [0.29, 0.717) is 0 Å². The van der Waals surface area contributed by atoms with Crippen LogP contribution in [0.3, 0.4) is 0 Å². The van der Waals surface area contributed by atoms with Gasteiger partial charge in [0.1, 0.15) is 5.75 Å². The molecule has 0 aliphatic carbocycles. The summed E-state index contributed by atoms with van der Waals surface area (Å²) >= 11 is 0. The standard InChI is InChI=1S/C18H16N2O/c1-13(17-8-4-5-11-19-17)20-12-16-15-7-3-2-6-14(15)9-10-18(16)21/h2-13,21H,1H3. The summed E-state index contributed by atoms with van der Waals surface area (Å²) in [6.45, 7) is 1.99. The van der Waals surface area contributed by atoms with E-state index in [1.165, 1.54) is 0 Å². The molecular formula is C18H16N2O. The first-order valence-electron chi connectivity index (χ1n) is 6.90. The molecule has 3 nitrogen and oxygen atoms in total. The number of hydrogen-bond acceptors (Lipinski definition) is 3. The number of phenols is 1. The van der Waals surface area contributed by atoms with Gasteiger partial charge in [-0.2, -0.15) is 0 Å². The maximum Gasteiger partial charge on any atom is 0.124 e. The summed E-state index contributed by atoms with van der Waals surface area (Å²) in [6.07, 6.45) is 3.49. The molecule has 0 amide bonds. The van der Waals surface area contributed by atoms with Crippen molar-refractivity contribution < 1.29 is 5.11 Å². The Balaban J connectivity index is 1.98. The first kappa shape index (κ1) is 13.3. The molecule has 0 saturated carbocycles. The smallest absolute Gasteiger partial charge is 0.124 e. The Bertz CT molecular complexity index is 782. The van der Waals surface area contributed by atoms with Crippen LogP contribution in [0.4, 0.5) is 0 Å². The van der Waals surface area contributed by atoms with Crippen molar-refractivity contribution in [2.45, 2.75) is 13.0 Å². The molecular weight excluding hydrogens is 260 g/mol. The van der Waals surface area contributed by atoms with Crippen LogP contribution in [-0.2, 0) is 0 Å². The number of nitrogens with zero attached hydrogens (tertiary/aromatic N) is 2. The quantitative estimate of drug-likeness (QED) is 0.731. The van der Waals surface area contributed by atoms with Gasteiger partial charge >= 0.3 is 0 Å². The van der Waals surface area contributed by atoms with Crippen molar-refractivity contribution in [2.75, 3.05) is 0 Å². The van der Waals surface area contributed by atoms with E-state index >= 15 is 0 Å². The highest BCUT2D eigenvalue weighted by Gasteiger charge is 2.06. The maximum atomic E-state index is 10.1. The van der Waals surface area contributed by atoms with Crippen LogP contribution in [0, 0.1) is 0 Å². The second-order valence-corrected chi connectivity index (χ2v) is 4.93. The molecule has 0 spiro atoms. The molecule has 0 bridgehead atoms. The first-order valence-corrected chi connectivity index (χ1v) is 6.90. The topological polar surface area (TPSA) is 45.5 Å². The highest BCUT2D eigenvalue weighted by Crippen LogP contribution is 2.26. The fourth-order valence-electron chi connectivity index (χ4n) is 2.31. The summed E-state index contributed by atoms with van der Waals surface area (Å²) < 4.78 is 0. The van der Waals surface area contributed by atoms with Crippen LogP contribution in [0.15, 0.2) is 65.8 Å². The van der Waals surface area contributed by atoms with Gasteiger partial charge in [0, 0.05) is 18.0 Å².